The van der Waals surface area contributed by atoms with Crippen molar-refractivity contribution >= 4 is 0 Å². The van der Waals surface area contributed by atoms with Gasteiger partial charge >= 0.3 is 18.5 Å². The number of halogens is 9. The first-order chi connectivity index (χ1) is 8.84. The first kappa shape index (κ1) is 16.4. The summed E-state index contributed by atoms with van der Waals surface area (Å²) in [5.74, 6) is -6.95. The molecule has 0 amide bonds. The summed E-state index contributed by atoms with van der Waals surface area (Å²) in [6, 6.07) is 2.04. The van der Waals surface area contributed by atoms with Gasteiger partial charge in [0.2, 0.25) is 0 Å². The van der Waals surface area contributed by atoms with Gasteiger partial charge in [0, 0.05) is 0 Å². The first-order valence-electron chi connectivity index (χ1n) is 4.80. The first-order valence-corrected chi connectivity index (χ1v) is 4.80. The van der Waals surface area contributed by atoms with Crippen molar-refractivity contribution in [3.05, 3.63) is 30.1 Å². The third-order valence-electron chi connectivity index (χ3n) is 2.06. The maximum absolute atomic E-state index is 13.1. The van der Waals surface area contributed by atoms with E-state index in [4.69, 9.17) is 0 Å². The Kier molecular flexibility index (Phi) is 4.16. The number of ether oxygens (including phenoxy) is 1. The lowest BCUT2D eigenvalue weighted by Crippen LogP contribution is -2.51. The molecule has 1 aromatic carbocycles. The van der Waals surface area contributed by atoms with Gasteiger partial charge in [0.05, 0.1) is 0 Å². The molecule has 0 aromatic heterocycles. The monoisotopic (exact) mass is 312 g/mol. The molecule has 0 saturated heterocycles. The summed E-state index contributed by atoms with van der Waals surface area (Å²) in [4.78, 5) is 0. The van der Waals surface area contributed by atoms with Crippen LogP contribution >= 0.6 is 0 Å². The van der Waals surface area contributed by atoms with E-state index in [1.807, 2.05) is 0 Å². The zero-order valence-electron chi connectivity index (χ0n) is 9.20. The van der Waals surface area contributed by atoms with Crippen molar-refractivity contribution in [1.82, 2.24) is 0 Å². The van der Waals surface area contributed by atoms with Gasteiger partial charge < -0.3 is 4.74 Å². The molecule has 0 aliphatic carbocycles. The third-order valence-corrected chi connectivity index (χ3v) is 2.06. The van der Waals surface area contributed by atoms with Crippen LogP contribution in [-0.4, -0.2) is 18.5 Å². The van der Waals surface area contributed by atoms with Gasteiger partial charge in [0.25, 0.3) is 5.92 Å². The molecule has 0 heterocycles. The Labute approximate surface area is 105 Å². The Bertz CT molecular complexity index is 431. The second-order valence-corrected chi connectivity index (χ2v) is 3.63. The molecule has 0 unspecified atom stereocenters. The van der Waals surface area contributed by atoms with E-state index in [1.165, 1.54) is 0 Å². The van der Waals surface area contributed by atoms with Gasteiger partial charge in [-0.25, -0.2) is 4.39 Å². The van der Waals surface area contributed by atoms with Gasteiger partial charge in [-0.2, -0.15) is 35.1 Å². The van der Waals surface area contributed by atoms with E-state index in [-0.39, 0.29) is 0 Å². The largest absolute Gasteiger partial charge is 0.432 e. The number of hydrogen-bond donors (Lipinski definition) is 0. The highest BCUT2D eigenvalue weighted by Gasteiger charge is 2.70. The normalized spacial score (nSPS) is 13.7. The fraction of sp³-hybridized carbons (Fsp3) is 0.400. The third kappa shape index (κ3) is 3.94. The highest BCUT2D eigenvalue weighted by molar-refractivity contribution is 5.22. The van der Waals surface area contributed by atoms with E-state index < -0.39 is 35.9 Å². The number of benzene rings is 1. The molecule has 0 radical (unpaired) electrons. The standard InChI is InChI=1S/C10H5F9O/c11-5-1-3-6(4-2-5)20-10(18,19)7(8(12,13)14)9(15,16)17/h1-4,7H. The molecule has 0 aliphatic heterocycles. The Hall–Kier alpha value is -1.61. The molecule has 0 fully saturated rings. The molecule has 1 rings (SSSR count). The van der Waals surface area contributed by atoms with Crippen LogP contribution in [0.3, 0.4) is 0 Å². The van der Waals surface area contributed by atoms with Gasteiger partial charge in [-0.3, -0.25) is 0 Å². The van der Waals surface area contributed by atoms with Gasteiger partial charge in [-0.05, 0) is 24.3 Å². The van der Waals surface area contributed by atoms with Gasteiger partial charge in [-0.15, -0.1) is 0 Å². The number of alkyl halides is 8. The number of rotatable bonds is 3. The van der Waals surface area contributed by atoms with Crippen molar-refractivity contribution in [2.45, 2.75) is 18.5 Å². The molecular weight excluding hydrogens is 307 g/mol. The minimum atomic E-state index is -6.26. The Balaban J connectivity index is 3.08. The molecule has 114 valence electrons. The maximum atomic E-state index is 13.1. The molecule has 1 aromatic rings. The van der Waals surface area contributed by atoms with Crippen LogP contribution in [0.4, 0.5) is 39.5 Å². The Morgan fingerprint density at radius 3 is 1.50 bits per heavy atom. The van der Waals surface area contributed by atoms with Gasteiger partial charge in [-0.1, -0.05) is 0 Å². The van der Waals surface area contributed by atoms with Crippen molar-refractivity contribution in [3.63, 3.8) is 0 Å². The van der Waals surface area contributed by atoms with E-state index in [0.29, 0.717) is 24.3 Å². The molecule has 0 saturated carbocycles. The van der Waals surface area contributed by atoms with Crippen LogP contribution in [0.15, 0.2) is 24.3 Å². The average Bonchev–Trinajstić information content (AvgIpc) is 2.15. The lowest BCUT2D eigenvalue weighted by Gasteiger charge is -2.29. The molecule has 1 nitrogen and oxygen atoms in total. The lowest BCUT2D eigenvalue weighted by molar-refractivity contribution is -0.379. The van der Waals surface area contributed by atoms with Crippen molar-refractivity contribution in [2.24, 2.45) is 5.92 Å². The average molecular weight is 312 g/mol. The topological polar surface area (TPSA) is 9.23 Å². The minimum absolute atomic E-state index is 0.479. The van der Waals surface area contributed by atoms with Crippen LogP contribution in [0.5, 0.6) is 5.75 Å². The molecule has 0 bridgehead atoms. The SMILES string of the molecule is Fc1ccc(OC(F)(F)C(C(F)(F)F)C(F)(F)F)cc1. The molecule has 0 N–H and O–H groups in total. The lowest BCUT2D eigenvalue weighted by atomic mass is 10.1. The van der Waals surface area contributed by atoms with Crippen LogP contribution in [0, 0.1) is 11.7 Å². The summed E-state index contributed by atoms with van der Waals surface area (Å²) in [6.07, 6.45) is -18.1. The predicted octanol–water partition coefficient (Wildman–Crippen LogP) is 4.54. The van der Waals surface area contributed by atoms with E-state index in [0.717, 1.165) is 0 Å². The van der Waals surface area contributed by atoms with Crippen LogP contribution in [-0.2, 0) is 0 Å². The van der Waals surface area contributed by atoms with E-state index >= 15 is 0 Å². The zero-order chi connectivity index (χ0) is 15.8. The van der Waals surface area contributed by atoms with Crippen molar-refractivity contribution < 1.29 is 44.3 Å². The van der Waals surface area contributed by atoms with Crippen LogP contribution < -0.4 is 4.74 Å². The van der Waals surface area contributed by atoms with Crippen LogP contribution in [0.2, 0.25) is 0 Å². The summed E-state index contributed by atoms with van der Waals surface area (Å²) >= 11 is 0. The van der Waals surface area contributed by atoms with Gasteiger partial charge in [0.15, 0.2) is 0 Å². The maximum Gasteiger partial charge on any atom is 0.418 e. The summed E-state index contributed by atoms with van der Waals surface area (Å²) in [6.45, 7) is 0. The summed E-state index contributed by atoms with van der Waals surface area (Å²) in [7, 11) is 0. The molecule has 0 atom stereocenters. The molecule has 0 spiro atoms. The van der Waals surface area contributed by atoms with Crippen LogP contribution in [0.25, 0.3) is 0 Å². The molecule has 20 heavy (non-hydrogen) atoms. The smallest absolute Gasteiger partial charge is 0.418 e. The second-order valence-electron chi connectivity index (χ2n) is 3.63. The van der Waals surface area contributed by atoms with E-state index in [9.17, 15) is 39.5 Å². The van der Waals surface area contributed by atoms with Crippen LogP contribution in [0.1, 0.15) is 0 Å². The highest BCUT2D eigenvalue weighted by atomic mass is 19.4. The highest BCUT2D eigenvalue weighted by Crippen LogP contribution is 2.48. The summed E-state index contributed by atoms with van der Waals surface area (Å²) < 4.78 is 115. The number of hydrogen-bond acceptors (Lipinski definition) is 1. The van der Waals surface area contributed by atoms with Crippen molar-refractivity contribution in [1.29, 1.82) is 0 Å². The Morgan fingerprint density at radius 2 is 1.15 bits per heavy atom. The zero-order valence-corrected chi connectivity index (χ0v) is 9.20. The summed E-state index contributed by atoms with van der Waals surface area (Å²) in [5.41, 5.74) is 0. The van der Waals surface area contributed by atoms with E-state index in [2.05, 4.69) is 4.74 Å². The second kappa shape index (κ2) is 5.06. The molecule has 10 heteroatoms. The molecular formula is C10H5F9O. The van der Waals surface area contributed by atoms with Crippen molar-refractivity contribution in [2.75, 3.05) is 0 Å². The van der Waals surface area contributed by atoms with Crippen molar-refractivity contribution in [3.8, 4) is 5.75 Å². The van der Waals surface area contributed by atoms with Gasteiger partial charge in [0.1, 0.15) is 11.6 Å². The summed E-state index contributed by atoms with van der Waals surface area (Å²) in [5, 5.41) is 0. The Morgan fingerprint density at radius 1 is 0.750 bits per heavy atom. The predicted molar refractivity (Wildman–Crippen MR) is 47.6 cm³/mol. The van der Waals surface area contributed by atoms with E-state index in [1.54, 1.807) is 0 Å². The quantitative estimate of drug-likeness (QED) is 0.745. The molecule has 0 aliphatic rings. The fourth-order valence-electron chi connectivity index (χ4n) is 1.29. The minimum Gasteiger partial charge on any atom is -0.432 e. The fourth-order valence-corrected chi connectivity index (χ4v) is 1.29.